The molecule has 0 fully saturated rings. The predicted octanol–water partition coefficient (Wildman–Crippen LogP) is 2.71. The molecule has 2 heterocycles. The van der Waals surface area contributed by atoms with Gasteiger partial charge in [-0.3, -0.25) is 4.79 Å². The van der Waals surface area contributed by atoms with Crippen LogP contribution in [0.2, 0.25) is 0 Å². The van der Waals surface area contributed by atoms with Crippen LogP contribution in [0.3, 0.4) is 0 Å². The van der Waals surface area contributed by atoms with Gasteiger partial charge < -0.3 is 9.47 Å². The first-order valence-corrected chi connectivity index (χ1v) is 8.99. The smallest absolute Gasteiger partial charge is 0.344 e. The Morgan fingerprint density at radius 2 is 2.08 bits per heavy atom. The van der Waals surface area contributed by atoms with Gasteiger partial charge in [-0.15, -0.1) is 0 Å². The number of rotatable bonds is 6. The van der Waals surface area contributed by atoms with Gasteiger partial charge in [-0.05, 0) is 18.6 Å². The van der Waals surface area contributed by atoms with Gasteiger partial charge in [-0.1, -0.05) is 43.4 Å². The molecule has 0 amide bonds. The molecule has 0 N–H and O–H groups in total. The van der Waals surface area contributed by atoms with Crippen LogP contribution in [0.5, 0.6) is 5.75 Å². The summed E-state index contributed by atoms with van der Waals surface area (Å²) < 4.78 is 11.9. The van der Waals surface area contributed by atoms with Gasteiger partial charge in [0.1, 0.15) is 17.4 Å². The van der Waals surface area contributed by atoms with E-state index in [0.29, 0.717) is 16.4 Å². The van der Waals surface area contributed by atoms with E-state index < -0.39 is 5.97 Å². The number of hydrogen-bond acceptors (Lipinski definition) is 7. The van der Waals surface area contributed by atoms with E-state index in [0.717, 1.165) is 10.6 Å². The van der Waals surface area contributed by atoms with Crippen LogP contribution >= 0.6 is 11.3 Å². The Morgan fingerprint density at radius 1 is 1.31 bits per heavy atom. The maximum Gasteiger partial charge on any atom is 0.344 e. The second-order valence-electron chi connectivity index (χ2n) is 6.09. The van der Waals surface area contributed by atoms with E-state index in [1.807, 2.05) is 39.0 Å². The topological polar surface area (TPSA) is 82.8 Å². The molecule has 1 aromatic carbocycles. The number of aromatic nitrogens is 3. The largest absolute Gasteiger partial charge is 0.482 e. The molecule has 0 aliphatic heterocycles. The lowest BCUT2D eigenvalue weighted by atomic mass is 10.2. The number of carbonyl (C=O) groups is 1. The van der Waals surface area contributed by atoms with Crippen molar-refractivity contribution in [1.29, 1.82) is 0 Å². The Labute approximate surface area is 154 Å². The molecule has 7 nitrogen and oxygen atoms in total. The zero-order valence-electron chi connectivity index (χ0n) is 14.8. The van der Waals surface area contributed by atoms with Crippen molar-refractivity contribution in [3.63, 3.8) is 0 Å². The summed E-state index contributed by atoms with van der Waals surface area (Å²) in [5.41, 5.74) is 1.03. The second-order valence-corrected chi connectivity index (χ2v) is 7.08. The molecular weight excluding hydrogens is 354 g/mol. The molecule has 26 heavy (non-hydrogen) atoms. The average Bonchev–Trinajstić information content (AvgIpc) is 3.04. The SMILES string of the molecule is Cc1ccccc1OCC(=O)OCc1cc(=O)n2nc(C(C)C)sc2n1. The normalized spacial score (nSPS) is 11.1. The number of carbonyl (C=O) groups excluding carboxylic acids is 1. The Hall–Kier alpha value is -2.74. The van der Waals surface area contributed by atoms with Gasteiger partial charge in [0, 0.05) is 12.0 Å². The van der Waals surface area contributed by atoms with E-state index in [1.54, 1.807) is 6.07 Å². The summed E-state index contributed by atoms with van der Waals surface area (Å²) in [5, 5.41) is 5.08. The number of ether oxygens (including phenoxy) is 2. The van der Waals surface area contributed by atoms with Gasteiger partial charge in [0.2, 0.25) is 4.96 Å². The highest BCUT2D eigenvalue weighted by Gasteiger charge is 2.13. The molecule has 0 atom stereocenters. The number of fused-ring (bicyclic) bond motifs is 1. The first-order chi connectivity index (χ1) is 12.4. The van der Waals surface area contributed by atoms with Crippen LogP contribution in [0.25, 0.3) is 4.96 Å². The van der Waals surface area contributed by atoms with Crippen molar-refractivity contribution in [2.45, 2.75) is 33.3 Å². The maximum atomic E-state index is 12.1. The Kier molecular flexibility index (Phi) is 5.32. The van der Waals surface area contributed by atoms with Crippen LogP contribution in [0, 0.1) is 6.92 Å². The van der Waals surface area contributed by atoms with Crippen LogP contribution < -0.4 is 10.3 Å². The number of benzene rings is 1. The fourth-order valence-corrected chi connectivity index (χ4v) is 3.15. The summed E-state index contributed by atoms with van der Waals surface area (Å²) in [6.45, 7) is 5.61. The minimum absolute atomic E-state index is 0.0867. The molecule has 0 aliphatic rings. The van der Waals surface area contributed by atoms with Gasteiger partial charge in [0.05, 0.1) is 5.69 Å². The quantitative estimate of drug-likeness (QED) is 0.618. The van der Waals surface area contributed by atoms with Crippen molar-refractivity contribution in [2.75, 3.05) is 6.61 Å². The van der Waals surface area contributed by atoms with Crippen LogP contribution in [-0.4, -0.2) is 27.2 Å². The molecule has 0 spiro atoms. The van der Waals surface area contributed by atoms with Gasteiger partial charge in [-0.2, -0.15) is 9.61 Å². The lowest BCUT2D eigenvalue weighted by molar-refractivity contribution is -0.147. The molecule has 0 saturated heterocycles. The third kappa shape index (κ3) is 4.08. The zero-order valence-corrected chi connectivity index (χ0v) is 15.6. The zero-order chi connectivity index (χ0) is 18.7. The number of hydrogen-bond donors (Lipinski definition) is 0. The molecule has 0 unspecified atom stereocenters. The first kappa shape index (κ1) is 18.1. The number of para-hydroxylation sites is 1. The number of aryl methyl sites for hydroxylation is 1. The van der Waals surface area contributed by atoms with Crippen molar-refractivity contribution in [1.82, 2.24) is 14.6 Å². The first-order valence-electron chi connectivity index (χ1n) is 8.18. The van der Waals surface area contributed by atoms with E-state index in [2.05, 4.69) is 10.1 Å². The monoisotopic (exact) mass is 373 g/mol. The van der Waals surface area contributed by atoms with E-state index in [4.69, 9.17) is 9.47 Å². The van der Waals surface area contributed by atoms with Gasteiger partial charge >= 0.3 is 5.97 Å². The van der Waals surface area contributed by atoms with E-state index >= 15 is 0 Å². The molecular formula is C18H19N3O4S. The van der Waals surface area contributed by atoms with Crippen LogP contribution in [-0.2, 0) is 16.1 Å². The van der Waals surface area contributed by atoms with E-state index in [9.17, 15) is 9.59 Å². The summed E-state index contributed by atoms with van der Waals surface area (Å²) in [7, 11) is 0. The summed E-state index contributed by atoms with van der Waals surface area (Å²) >= 11 is 1.35. The third-order valence-corrected chi connectivity index (χ3v) is 4.84. The molecule has 2 aromatic heterocycles. The van der Waals surface area contributed by atoms with Crippen LogP contribution in [0.4, 0.5) is 0 Å². The van der Waals surface area contributed by atoms with Gasteiger partial charge in [0.25, 0.3) is 5.56 Å². The minimum Gasteiger partial charge on any atom is -0.482 e. The standard InChI is InChI=1S/C18H19N3O4S/c1-11(2)17-20-21-15(22)8-13(19-18(21)26-17)9-25-16(23)10-24-14-7-5-4-6-12(14)3/h4-8,11H,9-10H2,1-3H3. The van der Waals surface area contributed by atoms with Crippen molar-refractivity contribution in [3.8, 4) is 5.75 Å². The summed E-state index contributed by atoms with van der Waals surface area (Å²) in [6, 6.07) is 8.74. The summed E-state index contributed by atoms with van der Waals surface area (Å²) in [4.78, 5) is 28.8. The Morgan fingerprint density at radius 3 is 2.81 bits per heavy atom. The summed E-state index contributed by atoms with van der Waals surface area (Å²) in [6.07, 6.45) is 0. The van der Waals surface area contributed by atoms with Gasteiger partial charge in [-0.25, -0.2) is 9.78 Å². The highest BCUT2D eigenvalue weighted by atomic mass is 32.1. The summed E-state index contributed by atoms with van der Waals surface area (Å²) in [5.74, 6) is 0.316. The van der Waals surface area contributed by atoms with Crippen molar-refractivity contribution in [3.05, 3.63) is 57.0 Å². The third-order valence-electron chi connectivity index (χ3n) is 3.63. The lowest BCUT2D eigenvalue weighted by Crippen LogP contribution is -2.18. The van der Waals surface area contributed by atoms with E-state index in [1.165, 1.54) is 21.9 Å². The highest BCUT2D eigenvalue weighted by molar-refractivity contribution is 7.16. The Balaban J connectivity index is 1.63. The highest BCUT2D eigenvalue weighted by Crippen LogP contribution is 2.20. The minimum atomic E-state index is -0.526. The van der Waals surface area contributed by atoms with Crippen LogP contribution in [0.15, 0.2) is 35.1 Å². The second kappa shape index (κ2) is 7.65. The number of nitrogens with zero attached hydrogens (tertiary/aromatic N) is 3. The van der Waals surface area contributed by atoms with Gasteiger partial charge in [0.15, 0.2) is 6.61 Å². The molecule has 3 rings (SSSR count). The lowest BCUT2D eigenvalue weighted by Gasteiger charge is -2.08. The fraction of sp³-hybridized carbons (Fsp3) is 0.333. The Bertz CT molecular complexity index is 994. The fourth-order valence-electron chi connectivity index (χ4n) is 2.23. The molecule has 0 saturated carbocycles. The molecule has 0 aliphatic carbocycles. The molecule has 3 aromatic rings. The van der Waals surface area contributed by atoms with Crippen molar-refractivity contribution in [2.24, 2.45) is 0 Å². The molecule has 8 heteroatoms. The van der Waals surface area contributed by atoms with E-state index in [-0.39, 0.29) is 24.7 Å². The maximum absolute atomic E-state index is 12.1. The average molecular weight is 373 g/mol. The van der Waals surface area contributed by atoms with Crippen LogP contribution in [0.1, 0.15) is 36.0 Å². The molecule has 0 radical (unpaired) electrons. The molecule has 0 bridgehead atoms. The van der Waals surface area contributed by atoms with Crippen molar-refractivity contribution >= 4 is 22.3 Å². The molecule has 136 valence electrons. The predicted molar refractivity (Wildman–Crippen MR) is 97.7 cm³/mol. The number of esters is 1. The van der Waals surface area contributed by atoms with Crippen molar-refractivity contribution < 1.29 is 14.3 Å².